The van der Waals surface area contributed by atoms with Crippen LogP contribution >= 0.6 is 11.8 Å². The molecule has 0 bridgehead atoms. The minimum atomic E-state index is -0.00482. The summed E-state index contributed by atoms with van der Waals surface area (Å²) in [5, 5.41) is 4.29. The topological polar surface area (TPSA) is 34.9 Å². The summed E-state index contributed by atoms with van der Waals surface area (Å²) in [4.78, 5) is 11.4. The number of aromatic nitrogens is 2. The maximum absolute atomic E-state index is 11.4. The number of rotatable bonds is 7. The Labute approximate surface area is 114 Å². The smallest absolute Gasteiger partial charge is 0.243 e. The van der Waals surface area contributed by atoms with Gasteiger partial charge in [-0.2, -0.15) is 16.9 Å². The van der Waals surface area contributed by atoms with Crippen LogP contribution in [0.3, 0.4) is 0 Å². The van der Waals surface area contributed by atoms with Gasteiger partial charge in [-0.15, -0.1) is 0 Å². The summed E-state index contributed by atoms with van der Waals surface area (Å²) in [6.45, 7) is 7.75. The van der Waals surface area contributed by atoms with Gasteiger partial charge in [-0.1, -0.05) is 26.2 Å². The first-order valence-electron chi connectivity index (χ1n) is 6.71. The molecule has 18 heavy (non-hydrogen) atoms. The van der Waals surface area contributed by atoms with E-state index in [2.05, 4.69) is 12.0 Å². The summed E-state index contributed by atoms with van der Waals surface area (Å²) in [5.74, 6) is 2.16. The summed E-state index contributed by atoms with van der Waals surface area (Å²) < 4.78 is 1.52. The Bertz CT molecular complexity index is 399. The molecule has 0 aliphatic rings. The first-order valence-corrected chi connectivity index (χ1v) is 7.87. The Balaban J connectivity index is 2.45. The molecule has 1 aromatic heterocycles. The lowest BCUT2D eigenvalue weighted by Gasteiger charge is -2.03. The number of unbranched alkanes of at least 4 members (excludes halogenated alkanes) is 3. The van der Waals surface area contributed by atoms with Gasteiger partial charge in [0.1, 0.15) is 0 Å². The fourth-order valence-electron chi connectivity index (χ4n) is 2.00. The highest BCUT2D eigenvalue weighted by Crippen LogP contribution is 2.20. The molecule has 1 rings (SSSR count). The Morgan fingerprint density at radius 1 is 1.28 bits per heavy atom. The zero-order valence-electron chi connectivity index (χ0n) is 12.0. The lowest BCUT2D eigenvalue weighted by Crippen LogP contribution is -2.09. The minimum Gasteiger partial charge on any atom is -0.273 e. The van der Waals surface area contributed by atoms with Crippen LogP contribution < -0.4 is 0 Å². The molecule has 0 saturated heterocycles. The van der Waals surface area contributed by atoms with E-state index in [1.807, 2.05) is 25.6 Å². The van der Waals surface area contributed by atoms with Crippen LogP contribution in [0.1, 0.15) is 61.3 Å². The highest BCUT2D eigenvalue weighted by Gasteiger charge is 2.13. The Hall–Kier alpha value is -0.770. The fraction of sp³-hybridized carbons (Fsp3) is 0.714. The van der Waals surface area contributed by atoms with Gasteiger partial charge in [-0.05, 0) is 26.0 Å². The van der Waals surface area contributed by atoms with Crippen LogP contribution in [0.25, 0.3) is 0 Å². The molecule has 1 heterocycles. The van der Waals surface area contributed by atoms with Gasteiger partial charge in [0.05, 0.1) is 5.69 Å². The van der Waals surface area contributed by atoms with E-state index in [-0.39, 0.29) is 5.91 Å². The van der Waals surface area contributed by atoms with E-state index in [4.69, 9.17) is 0 Å². The van der Waals surface area contributed by atoms with Crippen molar-refractivity contribution in [2.24, 2.45) is 0 Å². The van der Waals surface area contributed by atoms with E-state index in [1.165, 1.54) is 41.7 Å². The third-order valence-corrected chi connectivity index (χ3v) is 4.20. The Kier molecular flexibility index (Phi) is 6.47. The van der Waals surface area contributed by atoms with Gasteiger partial charge < -0.3 is 0 Å². The lowest BCUT2D eigenvalue weighted by atomic mass is 10.2. The van der Waals surface area contributed by atoms with E-state index < -0.39 is 0 Å². The normalized spacial score (nSPS) is 10.9. The number of thioether (sulfide) groups is 1. The molecule has 0 fully saturated rings. The van der Waals surface area contributed by atoms with E-state index in [1.54, 1.807) is 6.92 Å². The highest BCUT2D eigenvalue weighted by atomic mass is 32.2. The van der Waals surface area contributed by atoms with Gasteiger partial charge >= 0.3 is 0 Å². The summed E-state index contributed by atoms with van der Waals surface area (Å²) in [6, 6.07) is 0. The SMILES string of the molecule is CCCCCCSCc1c(C)nn(C(C)=O)c1C. The van der Waals surface area contributed by atoms with Crippen LogP contribution in [0, 0.1) is 13.8 Å². The van der Waals surface area contributed by atoms with Gasteiger partial charge in [0, 0.05) is 23.9 Å². The first-order chi connectivity index (χ1) is 8.57. The molecular formula is C14H24N2OS. The predicted octanol–water partition coefficient (Wildman–Crippen LogP) is 3.97. The summed E-state index contributed by atoms with van der Waals surface area (Å²) >= 11 is 1.95. The molecule has 0 N–H and O–H groups in total. The standard InChI is InChI=1S/C14H24N2OS/c1-5-6-7-8-9-18-10-14-11(2)15-16(12(14)3)13(4)17/h5-10H2,1-4H3. The number of carbonyl (C=O) groups is 1. The summed E-state index contributed by atoms with van der Waals surface area (Å²) in [5.41, 5.74) is 3.22. The third-order valence-electron chi connectivity index (χ3n) is 3.13. The Morgan fingerprint density at radius 2 is 2.00 bits per heavy atom. The lowest BCUT2D eigenvalue weighted by molar-refractivity contribution is 0.0918. The molecule has 4 heteroatoms. The van der Waals surface area contributed by atoms with Crippen LogP contribution in [0.4, 0.5) is 0 Å². The molecule has 0 unspecified atom stereocenters. The predicted molar refractivity (Wildman–Crippen MR) is 78.3 cm³/mol. The number of hydrogen-bond acceptors (Lipinski definition) is 3. The van der Waals surface area contributed by atoms with Gasteiger partial charge in [-0.25, -0.2) is 4.68 Å². The zero-order valence-corrected chi connectivity index (χ0v) is 12.8. The summed E-state index contributed by atoms with van der Waals surface area (Å²) in [6.07, 6.45) is 5.24. The molecular weight excluding hydrogens is 244 g/mol. The van der Waals surface area contributed by atoms with E-state index in [0.717, 1.165) is 17.1 Å². The average Bonchev–Trinajstić information content (AvgIpc) is 2.60. The summed E-state index contributed by atoms with van der Waals surface area (Å²) in [7, 11) is 0. The maximum Gasteiger partial charge on any atom is 0.243 e. The molecule has 0 aliphatic carbocycles. The van der Waals surface area contributed by atoms with Crippen molar-refractivity contribution in [1.29, 1.82) is 0 Å². The molecule has 0 spiro atoms. The largest absolute Gasteiger partial charge is 0.273 e. The molecule has 0 aliphatic heterocycles. The molecule has 102 valence electrons. The van der Waals surface area contributed by atoms with Crippen molar-refractivity contribution in [2.75, 3.05) is 5.75 Å². The average molecular weight is 268 g/mol. The third kappa shape index (κ3) is 4.16. The minimum absolute atomic E-state index is 0.00482. The Morgan fingerprint density at radius 3 is 2.56 bits per heavy atom. The quantitative estimate of drug-likeness (QED) is 0.702. The van der Waals surface area contributed by atoms with Gasteiger partial charge in [-0.3, -0.25) is 4.79 Å². The number of aryl methyl sites for hydroxylation is 1. The van der Waals surface area contributed by atoms with Crippen molar-refractivity contribution < 1.29 is 4.79 Å². The molecule has 0 aromatic carbocycles. The van der Waals surface area contributed by atoms with Crippen molar-refractivity contribution in [3.63, 3.8) is 0 Å². The second-order valence-corrected chi connectivity index (χ2v) is 5.80. The first kappa shape index (κ1) is 15.3. The van der Waals surface area contributed by atoms with Gasteiger partial charge in [0.2, 0.25) is 5.91 Å². The molecule has 3 nitrogen and oxygen atoms in total. The van der Waals surface area contributed by atoms with Crippen molar-refractivity contribution in [2.45, 2.75) is 59.1 Å². The van der Waals surface area contributed by atoms with Crippen molar-refractivity contribution in [1.82, 2.24) is 9.78 Å². The van der Waals surface area contributed by atoms with Gasteiger partial charge in [0.15, 0.2) is 0 Å². The van der Waals surface area contributed by atoms with E-state index in [9.17, 15) is 4.79 Å². The van der Waals surface area contributed by atoms with Crippen LogP contribution in [-0.2, 0) is 5.75 Å². The monoisotopic (exact) mass is 268 g/mol. The zero-order chi connectivity index (χ0) is 13.5. The second-order valence-electron chi connectivity index (χ2n) is 4.69. The van der Waals surface area contributed by atoms with Crippen LogP contribution in [0.5, 0.6) is 0 Å². The molecule has 0 radical (unpaired) electrons. The van der Waals surface area contributed by atoms with Crippen molar-refractivity contribution >= 4 is 17.7 Å². The van der Waals surface area contributed by atoms with Crippen LogP contribution in [0.2, 0.25) is 0 Å². The van der Waals surface area contributed by atoms with Crippen LogP contribution in [0.15, 0.2) is 0 Å². The van der Waals surface area contributed by atoms with Gasteiger partial charge in [0.25, 0.3) is 0 Å². The van der Waals surface area contributed by atoms with E-state index >= 15 is 0 Å². The molecule has 0 amide bonds. The van der Waals surface area contributed by atoms with E-state index in [0.29, 0.717) is 0 Å². The molecule has 1 aromatic rings. The number of hydrogen-bond donors (Lipinski definition) is 0. The van der Waals surface area contributed by atoms with Crippen LogP contribution in [-0.4, -0.2) is 21.4 Å². The molecule has 0 saturated carbocycles. The van der Waals surface area contributed by atoms with Crippen molar-refractivity contribution in [3.8, 4) is 0 Å². The van der Waals surface area contributed by atoms with Crippen molar-refractivity contribution in [3.05, 3.63) is 17.0 Å². The molecule has 0 atom stereocenters. The number of carbonyl (C=O) groups excluding carboxylic acids is 1. The maximum atomic E-state index is 11.4. The number of nitrogens with zero attached hydrogens (tertiary/aromatic N) is 2. The highest BCUT2D eigenvalue weighted by molar-refractivity contribution is 7.98. The second kappa shape index (κ2) is 7.62. The fourth-order valence-corrected chi connectivity index (χ4v) is 3.17.